The van der Waals surface area contributed by atoms with Gasteiger partial charge in [-0.15, -0.1) is 0 Å². The number of rotatable bonds is 6. The van der Waals surface area contributed by atoms with E-state index in [1.807, 2.05) is 54.7 Å². The number of sulfone groups is 1. The number of halogens is 1. The summed E-state index contributed by atoms with van der Waals surface area (Å²) < 4.78 is 23.3. The van der Waals surface area contributed by atoms with Crippen molar-refractivity contribution in [2.75, 3.05) is 12.8 Å². The minimum Gasteiger partial charge on any atom is -0.361 e. The summed E-state index contributed by atoms with van der Waals surface area (Å²) in [7, 11) is -3.31. The highest BCUT2D eigenvalue weighted by atomic mass is 35.5. The van der Waals surface area contributed by atoms with Crippen LogP contribution in [0.1, 0.15) is 27.4 Å². The predicted molar refractivity (Wildman–Crippen MR) is 123 cm³/mol. The second-order valence-corrected chi connectivity index (χ2v) is 9.79. The van der Waals surface area contributed by atoms with Gasteiger partial charge in [0, 0.05) is 46.4 Å². The fourth-order valence-electron chi connectivity index (χ4n) is 3.68. The van der Waals surface area contributed by atoms with Crippen molar-refractivity contribution in [3.63, 3.8) is 0 Å². The van der Waals surface area contributed by atoms with E-state index < -0.39 is 9.84 Å². The Bertz CT molecular complexity index is 1340. The Hall–Kier alpha value is -3.09. The van der Waals surface area contributed by atoms with E-state index in [1.165, 1.54) is 24.3 Å². The molecule has 3 aromatic carbocycles. The summed E-state index contributed by atoms with van der Waals surface area (Å²) in [6.45, 7) is 0.332. The van der Waals surface area contributed by atoms with Gasteiger partial charge in [-0.1, -0.05) is 48.0 Å². The summed E-state index contributed by atoms with van der Waals surface area (Å²) in [4.78, 5) is 16.2. The van der Waals surface area contributed by atoms with Gasteiger partial charge >= 0.3 is 0 Å². The highest BCUT2D eigenvalue weighted by Crippen LogP contribution is 2.34. The zero-order chi connectivity index (χ0) is 22.0. The molecule has 0 aliphatic carbocycles. The number of para-hydroxylation sites is 1. The second kappa shape index (κ2) is 8.57. The number of aromatic nitrogens is 1. The van der Waals surface area contributed by atoms with E-state index in [2.05, 4.69) is 10.3 Å². The number of hydrogen-bond donors (Lipinski definition) is 2. The normalized spacial score (nSPS) is 12.6. The van der Waals surface area contributed by atoms with Gasteiger partial charge in [0.15, 0.2) is 9.84 Å². The van der Waals surface area contributed by atoms with E-state index in [1.54, 1.807) is 0 Å². The highest BCUT2D eigenvalue weighted by molar-refractivity contribution is 7.90. The monoisotopic (exact) mass is 452 g/mol. The Morgan fingerprint density at radius 1 is 0.968 bits per heavy atom. The number of aromatic amines is 1. The number of nitrogens with one attached hydrogen (secondary N) is 2. The predicted octanol–water partition coefficient (Wildman–Crippen LogP) is 4.79. The number of carbonyl (C=O) groups is 1. The molecular weight excluding hydrogens is 432 g/mol. The van der Waals surface area contributed by atoms with Crippen molar-refractivity contribution in [2.24, 2.45) is 0 Å². The van der Waals surface area contributed by atoms with Crippen molar-refractivity contribution in [1.82, 2.24) is 10.3 Å². The summed E-state index contributed by atoms with van der Waals surface area (Å²) >= 11 is 6.50. The lowest BCUT2D eigenvalue weighted by Gasteiger charge is -2.19. The molecule has 0 aliphatic heterocycles. The summed E-state index contributed by atoms with van der Waals surface area (Å²) in [5.41, 5.74) is 3.36. The van der Waals surface area contributed by atoms with Crippen LogP contribution < -0.4 is 5.32 Å². The third-order valence-corrected chi connectivity index (χ3v) is 6.76. The second-order valence-electron chi connectivity index (χ2n) is 7.37. The van der Waals surface area contributed by atoms with Crippen LogP contribution in [0.3, 0.4) is 0 Å². The van der Waals surface area contributed by atoms with Gasteiger partial charge < -0.3 is 10.3 Å². The van der Waals surface area contributed by atoms with Gasteiger partial charge in [-0.3, -0.25) is 4.79 Å². The van der Waals surface area contributed by atoms with Crippen LogP contribution in [0.4, 0.5) is 0 Å². The Morgan fingerprint density at radius 3 is 2.35 bits per heavy atom. The van der Waals surface area contributed by atoms with E-state index in [9.17, 15) is 13.2 Å². The molecule has 158 valence electrons. The minimum atomic E-state index is -3.31. The molecule has 1 aromatic heterocycles. The lowest BCUT2D eigenvalue weighted by Crippen LogP contribution is -2.29. The molecule has 0 aliphatic rings. The lowest BCUT2D eigenvalue weighted by atomic mass is 9.90. The summed E-state index contributed by atoms with van der Waals surface area (Å²) in [6, 6.07) is 21.5. The zero-order valence-corrected chi connectivity index (χ0v) is 18.4. The smallest absolute Gasteiger partial charge is 0.251 e. The molecule has 2 N–H and O–H groups in total. The van der Waals surface area contributed by atoms with Crippen LogP contribution in [0.5, 0.6) is 0 Å². The molecule has 5 nitrogen and oxygen atoms in total. The molecule has 0 spiro atoms. The van der Waals surface area contributed by atoms with Crippen molar-refractivity contribution in [3.8, 4) is 0 Å². The van der Waals surface area contributed by atoms with E-state index in [-0.39, 0.29) is 16.7 Å². The summed E-state index contributed by atoms with van der Waals surface area (Å²) in [6.07, 6.45) is 3.09. The lowest BCUT2D eigenvalue weighted by molar-refractivity contribution is 0.0952. The SMILES string of the molecule is CS(=O)(=O)c1ccc(C(=O)NC[C@@H](c2ccccc2Cl)c2c[nH]c3ccccc23)cc1. The summed E-state index contributed by atoms with van der Waals surface area (Å²) in [5, 5.41) is 4.67. The van der Waals surface area contributed by atoms with Crippen LogP contribution in [0.25, 0.3) is 10.9 Å². The molecular formula is C24H21ClN2O3S. The van der Waals surface area contributed by atoms with Crippen LogP contribution in [-0.2, 0) is 9.84 Å². The van der Waals surface area contributed by atoms with Gasteiger partial charge in [0.2, 0.25) is 0 Å². The van der Waals surface area contributed by atoms with Crippen molar-refractivity contribution in [1.29, 1.82) is 0 Å². The Balaban J connectivity index is 1.63. The first-order chi connectivity index (χ1) is 14.8. The topological polar surface area (TPSA) is 79.0 Å². The molecule has 0 radical (unpaired) electrons. The first-order valence-electron chi connectivity index (χ1n) is 9.73. The van der Waals surface area contributed by atoms with E-state index in [0.29, 0.717) is 17.1 Å². The van der Waals surface area contributed by atoms with Gasteiger partial charge in [-0.05, 0) is 47.5 Å². The van der Waals surface area contributed by atoms with Crippen LogP contribution >= 0.6 is 11.6 Å². The highest BCUT2D eigenvalue weighted by Gasteiger charge is 2.21. The molecule has 0 bridgehead atoms. The first-order valence-corrected chi connectivity index (χ1v) is 12.0. The maximum Gasteiger partial charge on any atom is 0.251 e. The molecule has 0 fully saturated rings. The molecule has 1 amide bonds. The molecule has 7 heteroatoms. The molecule has 31 heavy (non-hydrogen) atoms. The van der Waals surface area contributed by atoms with Crippen molar-refractivity contribution < 1.29 is 13.2 Å². The molecule has 4 aromatic rings. The maximum absolute atomic E-state index is 12.8. The standard InChI is InChI=1S/C24H21ClN2O3S/c1-31(29,30)17-12-10-16(11-13-17)24(28)27-15-20(18-6-2-4-8-22(18)25)21-14-26-23-9-5-3-7-19(21)23/h2-14,20,26H,15H2,1H3,(H,27,28)/t20-/m0/s1. The van der Waals surface area contributed by atoms with Crippen LogP contribution in [0.15, 0.2) is 83.9 Å². The molecule has 4 rings (SSSR count). The van der Waals surface area contributed by atoms with E-state index in [0.717, 1.165) is 28.3 Å². The van der Waals surface area contributed by atoms with Gasteiger partial charge in [0.25, 0.3) is 5.91 Å². The largest absolute Gasteiger partial charge is 0.361 e. The van der Waals surface area contributed by atoms with E-state index in [4.69, 9.17) is 11.6 Å². The van der Waals surface area contributed by atoms with Crippen molar-refractivity contribution in [2.45, 2.75) is 10.8 Å². The number of benzene rings is 3. The number of H-pyrrole nitrogens is 1. The Kier molecular flexibility index (Phi) is 5.85. The minimum absolute atomic E-state index is 0.163. The number of carbonyl (C=O) groups excluding carboxylic acids is 1. The van der Waals surface area contributed by atoms with E-state index >= 15 is 0 Å². The fourth-order valence-corrected chi connectivity index (χ4v) is 4.58. The van der Waals surface area contributed by atoms with Crippen molar-refractivity contribution >= 4 is 38.2 Å². The number of fused-ring (bicyclic) bond motifs is 1. The van der Waals surface area contributed by atoms with Gasteiger partial charge in [0.1, 0.15) is 0 Å². The van der Waals surface area contributed by atoms with Gasteiger partial charge in [-0.2, -0.15) is 0 Å². The quantitative estimate of drug-likeness (QED) is 0.441. The first kappa shape index (κ1) is 21.2. The fraction of sp³-hybridized carbons (Fsp3) is 0.125. The molecule has 0 saturated heterocycles. The third kappa shape index (κ3) is 4.50. The third-order valence-electron chi connectivity index (χ3n) is 5.29. The van der Waals surface area contributed by atoms with Crippen LogP contribution in [0, 0.1) is 0 Å². The average Bonchev–Trinajstić information content (AvgIpc) is 3.18. The Labute approximate surface area is 186 Å². The molecule has 0 unspecified atom stereocenters. The zero-order valence-electron chi connectivity index (χ0n) is 16.8. The van der Waals surface area contributed by atoms with Crippen LogP contribution in [0.2, 0.25) is 5.02 Å². The molecule has 0 saturated carbocycles. The number of amides is 1. The van der Waals surface area contributed by atoms with Crippen LogP contribution in [-0.4, -0.2) is 32.1 Å². The maximum atomic E-state index is 12.8. The van der Waals surface area contributed by atoms with Gasteiger partial charge in [0.05, 0.1) is 4.90 Å². The Morgan fingerprint density at radius 2 is 1.65 bits per heavy atom. The molecule has 1 heterocycles. The summed E-state index contributed by atoms with van der Waals surface area (Å²) in [5.74, 6) is -0.443. The number of hydrogen-bond acceptors (Lipinski definition) is 3. The van der Waals surface area contributed by atoms with Gasteiger partial charge in [-0.25, -0.2) is 8.42 Å². The molecule has 1 atom stereocenters. The van der Waals surface area contributed by atoms with Crippen molar-refractivity contribution in [3.05, 3.63) is 101 Å². The average molecular weight is 453 g/mol.